The number of aryl methyl sites for hydroxylation is 1. The van der Waals surface area contributed by atoms with Gasteiger partial charge in [0.25, 0.3) is 5.91 Å². The summed E-state index contributed by atoms with van der Waals surface area (Å²) in [6.45, 7) is 2.07. The molecule has 2 aromatic heterocycles. The van der Waals surface area contributed by atoms with Gasteiger partial charge in [0, 0.05) is 23.6 Å². The third-order valence-corrected chi connectivity index (χ3v) is 3.38. The van der Waals surface area contributed by atoms with Crippen LogP contribution in [0.3, 0.4) is 0 Å². The minimum atomic E-state index is -0.271. The summed E-state index contributed by atoms with van der Waals surface area (Å²) in [5.41, 5.74) is 2.39. The monoisotopic (exact) mass is 296 g/mol. The molecule has 0 radical (unpaired) electrons. The third kappa shape index (κ3) is 2.03. The molecule has 1 aliphatic heterocycles. The van der Waals surface area contributed by atoms with Crippen LogP contribution in [0, 0.1) is 6.92 Å². The number of hydrogen-bond donors (Lipinski definition) is 1. The van der Waals surface area contributed by atoms with Gasteiger partial charge >= 0.3 is 0 Å². The van der Waals surface area contributed by atoms with Crippen molar-refractivity contribution in [2.75, 3.05) is 12.1 Å². The molecule has 4 rings (SSSR count). The number of rotatable bonds is 2. The lowest BCUT2D eigenvalue weighted by atomic mass is 10.2. The Balaban J connectivity index is 1.65. The number of hydrogen-bond acceptors (Lipinski definition) is 5. The number of carbonyl (C=O) groups is 1. The molecule has 3 aromatic rings. The molecule has 0 unspecified atom stereocenters. The number of amides is 1. The maximum Gasteiger partial charge on any atom is 0.261 e. The van der Waals surface area contributed by atoms with Crippen molar-refractivity contribution in [3.63, 3.8) is 0 Å². The summed E-state index contributed by atoms with van der Waals surface area (Å²) in [6.07, 6.45) is 3.28. The van der Waals surface area contributed by atoms with E-state index in [1.165, 1.54) is 6.20 Å². The summed E-state index contributed by atoms with van der Waals surface area (Å²) in [4.78, 5) is 16.8. The Hall–Kier alpha value is -3.09. The molecule has 1 N–H and O–H groups in total. The summed E-state index contributed by atoms with van der Waals surface area (Å²) >= 11 is 0. The van der Waals surface area contributed by atoms with Crippen molar-refractivity contribution in [1.82, 2.24) is 14.6 Å². The molecule has 0 spiro atoms. The Morgan fingerprint density at radius 2 is 2.14 bits per heavy atom. The van der Waals surface area contributed by atoms with E-state index in [-0.39, 0.29) is 12.7 Å². The van der Waals surface area contributed by atoms with E-state index in [9.17, 15) is 4.79 Å². The predicted octanol–water partition coefficient (Wildman–Crippen LogP) is 2.02. The molecule has 7 heteroatoms. The van der Waals surface area contributed by atoms with Gasteiger partial charge in [-0.2, -0.15) is 5.10 Å². The molecule has 0 aliphatic carbocycles. The van der Waals surface area contributed by atoms with Gasteiger partial charge in [-0.15, -0.1) is 0 Å². The van der Waals surface area contributed by atoms with Crippen molar-refractivity contribution >= 4 is 17.2 Å². The molecule has 7 nitrogen and oxygen atoms in total. The highest BCUT2D eigenvalue weighted by molar-refractivity contribution is 6.08. The van der Waals surface area contributed by atoms with Crippen molar-refractivity contribution in [1.29, 1.82) is 0 Å². The second kappa shape index (κ2) is 4.73. The number of ether oxygens (including phenoxy) is 2. The minimum Gasteiger partial charge on any atom is -0.454 e. The van der Waals surface area contributed by atoms with Crippen LogP contribution in [0.5, 0.6) is 11.5 Å². The summed E-state index contributed by atoms with van der Waals surface area (Å²) in [7, 11) is 0. The molecule has 3 heterocycles. The first-order valence-corrected chi connectivity index (χ1v) is 6.73. The van der Waals surface area contributed by atoms with E-state index in [2.05, 4.69) is 15.4 Å². The number of anilines is 1. The molecule has 0 saturated heterocycles. The number of nitrogens with zero attached hydrogens (tertiary/aromatic N) is 3. The largest absolute Gasteiger partial charge is 0.454 e. The van der Waals surface area contributed by atoms with Gasteiger partial charge in [-0.05, 0) is 25.1 Å². The minimum absolute atomic E-state index is 0.198. The molecule has 0 atom stereocenters. The quantitative estimate of drug-likeness (QED) is 0.782. The van der Waals surface area contributed by atoms with E-state index < -0.39 is 0 Å². The van der Waals surface area contributed by atoms with Crippen LogP contribution in [0.4, 0.5) is 5.69 Å². The van der Waals surface area contributed by atoms with Gasteiger partial charge in [0.15, 0.2) is 17.1 Å². The first-order chi connectivity index (χ1) is 10.7. The zero-order valence-corrected chi connectivity index (χ0v) is 11.7. The van der Waals surface area contributed by atoms with Crippen molar-refractivity contribution in [3.8, 4) is 11.5 Å². The van der Waals surface area contributed by atoms with Gasteiger partial charge in [-0.1, -0.05) is 0 Å². The summed E-state index contributed by atoms with van der Waals surface area (Å²) < 4.78 is 12.1. The van der Waals surface area contributed by atoms with E-state index in [4.69, 9.17) is 9.47 Å². The van der Waals surface area contributed by atoms with Gasteiger partial charge in [-0.25, -0.2) is 9.50 Å². The molecule has 0 saturated carbocycles. The Morgan fingerprint density at radius 3 is 3.05 bits per heavy atom. The van der Waals surface area contributed by atoms with Crippen LogP contribution >= 0.6 is 0 Å². The lowest BCUT2D eigenvalue weighted by Crippen LogP contribution is -2.12. The van der Waals surface area contributed by atoms with Gasteiger partial charge in [-0.3, -0.25) is 4.79 Å². The van der Waals surface area contributed by atoms with E-state index in [1.807, 2.05) is 13.0 Å². The van der Waals surface area contributed by atoms with Crippen LogP contribution in [0.1, 0.15) is 16.1 Å². The van der Waals surface area contributed by atoms with Gasteiger partial charge < -0.3 is 14.8 Å². The molecule has 1 amide bonds. The maximum atomic E-state index is 12.4. The topological polar surface area (TPSA) is 77.8 Å². The smallest absolute Gasteiger partial charge is 0.261 e. The molecule has 1 aromatic carbocycles. The van der Waals surface area contributed by atoms with Crippen molar-refractivity contribution in [2.45, 2.75) is 6.92 Å². The molecule has 0 bridgehead atoms. The number of nitrogens with one attached hydrogen (secondary N) is 1. The number of carbonyl (C=O) groups excluding carboxylic acids is 1. The zero-order valence-electron chi connectivity index (χ0n) is 11.7. The van der Waals surface area contributed by atoms with Crippen LogP contribution in [0.25, 0.3) is 5.65 Å². The Bertz CT molecular complexity index is 888. The SMILES string of the molecule is Cc1ccn2ncc(C(=O)Nc3ccc4c(c3)OCO4)c2n1. The summed E-state index contributed by atoms with van der Waals surface area (Å²) in [6, 6.07) is 7.08. The molecular weight excluding hydrogens is 284 g/mol. The second-order valence-electron chi connectivity index (χ2n) is 4.92. The second-order valence-corrected chi connectivity index (χ2v) is 4.92. The van der Waals surface area contributed by atoms with Crippen LogP contribution < -0.4 is 14.8 Å². The van der Waals surface area contributed by atoms with Crippen LogP contribution in [0.15, 0.2) is 36.7 Å². The van der Waals surface area contributed by atoms with Crippen LogP contribution in [-0.4, -0.2) is 27.3 Å². The summed E-state index contributed by atoms with van der Waals surface area (Å²) in [5.74, 6) is 1.02. The Labute approximate surface area is 125 Å². The first-order valence-electron chi connectivity index (χ1n) is 6.73. The predicted molar refractivity (Wildman–Crippen MR) is 78.2 cm³/mol. The fourth-order valence-corrected chi connectivity index (χ4v) is 2.29. The fourth-order valence-electron chi connectivity index (χ4n) is 2.29. The van der Waals surface area contributed by atoms with Crippen molar-refractivity contribution in [3.05, 3.63) is 47.9 Å². The first kappa shape index (κ1) is 12.6. The van der Waals surface area contributed by atoms with E-state index in [1.54, 1.807) is 28.9 Å². The van der Waals surface area contributed by atoms with Gasteiger partial charge in [0.1, 0.15) is 5.56 Å². The number of fused-ring (bicyclic) bond motifs is 2. The van der Waals surface area contributed by atoms with Crippen LogP contribution in [0.2, 0.25) is 0 Å². The van der Waals surface area contributed by atoms with E-state index in [0.29, 0.717) is 28.4 Å². The highest BCUT2D eigenvalue weighted by Crippen LogP contribution is 2.34. The standard InChI is InChI=1S/C15H12N4O3/c1-9-4-5-19-14(17-9)11(7-16-19)15(20)18-10-2-3-12-13(6-10)22-8-21-12/h2-7H,8H2,1H3,(H,18,20). The highest BCUT2D eigenvalue weighted by Gasteiger charge is 2.17. The molecule has 1 aliphatic rings. The fraction of sp³-hybridized carbons (Fsp3) is 0.133. The highest BCUT2D eigenvalue weighted by atomic mass is 16.7. The maximum absolute atomic E-state index is 12.4. The van der Waals surface area contributed by atoms with Gasteiger partial charge in [0.2, 0.25) is 6.79 Å². The van der Waals surface area contributed by atoms with E-state index in [0.717, 1.165) is 5.69 Å². The lowest BCUT2D eigenvalue weighted by Gasteiger charge is -2.05. The number of aromatic nitrogens is 3. The zero-order chi connectivity index (χ0) is 15.1. The molecular formula is C15H12N4O3. The van der Waals surface area contributed by atoms with Crippen molar-refractivity contribution in [2.24, 2.45) is 0 Å². The Kier molecular flexibility index (Phi) is 2.72. The average molecular weight is 296 g/mol. The average Bonchev–Trinajstić information content (AvgIpc) is 3.12. The van der Waals surface area contributed by atoms with Crippen molar-refractivity contribution < 1.29 is 14.3 Å². The normalized spacial score (nSPS) is 12.6. The Morgan fingerprint density at radius 1 is 1.27 bits per heavy atom. The molecule has 22 heavy (non-hydrogen) atoms. The lowest BCUT2D eigenvalue weighted by molar-refractivity contribution is 0.102. The summed E-state index contributed by atoms with van der Waals surface area (Å²) in [5, 5.41) is 6.95. The third-order valence-electron chi connectivity index (χ3n) is 3.38. The van der Waals surface area contributed by atoms with Crippen LogP contribution in [-0.2, 0) is 0 Å². The molecule has 110 valence electrons. The molecule has 0 fully saturated rings. The number of benzene rings is 1. The van der Waals surface area contributed by atoms with E-state index >= 15 is 0 Å². The van der Waals surface area contributed by atoms with Gasteiger partial charge in [0.05, 0.1) is 6.20 Å².